The van der Waals surface area contributed by atoms with Crippen LogP contribution >= 0.6 is 0 Å². The average Bonchev–Trinajstić information content (AvgIpc) is 3.01. The van der Waals surface area contributed by atoms with Gasteiger partial charge in [0.15, 0.2) is 0 Å². The zero-order valence-electron chi connectivity index (χ0n) is 9.59. The summed E-state index contributed by atoms with van der Waals surface area (Å²) in [5, 5.41) is 3.34. The number of hydrogen-bond acceptors (Lipinski definition) is 2. The first kappa shape index (κ1) is 10.9. The van der Waals surface area contributed by atoms with Crippen LogP contribution in [0.5, 0.6) is 0 Å². The van der Waals surface area contributed by atoms with E-state index >= 15 is 0 Å². The molecule has 2 fully saturated rings. The molecule has 0 radical (unpaired) electrons. The number of amides is 1. The van der Waals surface area contributed by atoms with E-state index in [1.165, 1.54) is 19.3 Å². The van der Waals surface area contributed by atoms with Crippen LogP contribution in [0, 0.1) is 11.8 Å². The molecule has 3 nitrogen and oxygen atoms in total. The molecule has 2 rings (SSSR count). The van der Waals surface area contributed by atoms with E-state index in [4.69, 9.17) is 5.73 Å². The fraction of sp³-hybridized carbons (Fsp3) is 0.917. The molecule has 0 spiro atoms. The summed E-state index contributed by atoms with van der Waals surface area (Å²) in [5.41, 5.74) is 5.18. The van der Waals surface area contributed by atoms with Crippen LogP contribution in [0.15, 0.2) is 0 Å². The Hall–Kier alpha value is -0.570. The maximum absolute atomic E-state index is 11.6. The zero-order chi connectivity index (χ0) is 10.9. The number of hydrogen-bond donors (Lipinski definition) is 2. The fourth-order valence-corrected chi connectivity index (χ4v) is 3.10. The second-order valence-corrected chi connectivity index (χ2v) is 5.17. The first-order chi connectivity index (χ1) is 7.18. The summed E-state index contributed by atoms with van der Waals surface area (Å²) in [4.78, 5) is 11.6. The molecule has 0 bridgehead atoms. The standard InChI is InChI=1S/C12H22N2O/c1-2-14-12(11(13)15)7-3-4-10(8-12)9-5-6-9/h9-10,14H,2-8H2,1H3,(H2,13,15). The Bertz CT molecular complexity index is 246. The highest BCUT2D eigenvalue weighted by atomic mass is 16.1. The van der Waals surface area contributed by atoms with Gasteiger partial charge >= 0.3 is 0 Å². The highest BCUT2D eigenvalue weighted by molar-refractivity contribution is 5.84. The molecule has 2 atom stereocenters. The molecule has 2 unspecified atom stereocenters. The van der Waals surface area contributed by atoms with E-state index in [0.717, 1.165) is 37.6 Å². The van der Waals surface area contributed by atoms with E-state index in [1.54, 1.807) is 0 Å². The second-order valence-electron chi connectivity index (χ2n) is 5.17. The molecule has 0 saturated heterocycles. The molecular formula is C12H22N2O. The van der Waals surface area contributed by atoms with E-state index in [0.29, 0.717) is 0 Å². The molecule has 3 heteroatoms. The van der Waals surface area contributed by atoms with E-state index in [1.807, 2.05) is 6.92 Å². The van der Waals surface area contributed by atoms with Crippen molar-refractivity contribution in [2.45, 2.75) is 51.0 Å². The van der Waals surface area contributed by atoms with Gasteiger partial charge in [-0.3, -0.25) is 4.79 Å². The molecule has 2 aliphatic carbocycles. The number of likely N-dealkylation sites (N-methyl/N-ethyl adjacent to an activating group) is 1. The van der Waals surface area contributed by atoms with Gasteiger partial charge in [0, 0.05) is 0 Å². The molecule has 0 heterocycles. The summed E-state index contributed by atoms with van der Waals surface area (Å²) in [7, 11) is 0. The van der Waals surface area contributed by atoms with Gasteiger partial charge in [-0.2, -0.15) is 0 Å². The Morgan fingerprint density at radius 3 is 2.67 bits per heavy atom. The van der Waals surface area contributed by atoms with E-state index in [9.17, 15) is 4.79 Å². The van der Waals surface area contributed by atoms with Crippen LogP contribution in [0.1, 0.15) is 45.4 Å². The molecule has 0 aliphatic heterocycles. The Balaban J connectivity index is 2.05. The molecular weight excluding hydrogens is 188 g/mol. The Kier molecular flexibility index (Phi) is 3.01. The van der Waals surface area contributed by atoms with E-state index in [-0.39, 0.29) is 11.4 Å². The summed E-state index contributed by atoms with van der Waals surface area (Å²) < 4.78 is 0. The fourth-order valence-electron chi connectivity index (χ4n) is 3.10. The second kappa shape index (κ2) is 4.12. The van der Waals surface area contributed by atoms with Crippen molar-refractivity contribution in [1.29, 1.82) is 0 Å². The maximum atomic E-state index is 11.6. The summed E-state index contributed by atoms with van der Waals surface area (Å²) in [6, 6.07) is 0. The molecule has 1 amide bonds. The lowest BCUT2D eigenvalue weighted by molar-refractivity contribution is -0.126. The van der Waals surface area contributed by atoms with Crippen LogP contribution < -0.4 is 11.1 Å². The van der Waals surface area contributed by atoms with Gasteiger partial charge in [0.05, 0.1) is 5.54 Å². The lowest BCUT2D eigenvalue weighted by Gasteiger charge is -2.39. The zero-order valence-corrected chi connectivity index (χ0v) is 9.59. The van der Waals surface area contributed by atoms with Crippen molar-refractivity contribution in [3.63, 3.8) is 0 Å². The quantitative estimate of drug-likeness (QED) is 0.737. The average molecular weight is 210 g/mol. The van der Waals surface area contributed by atoms with Gasteiger partial charge in [-0.15, -0.1) is 0 Å². The smallest absolute Gasteiger partial charge is 0.237 e. The van der Waals surface area contributed by atoms with Crippen molar-refractivity contribution in [3.8, 4) is 0 Å². The van der Waals surface area contributed by atoms with Crippen LogP contribution in [0.25, 0.3) is 0 Å². The number of carbonyl (C=O) groups is 1. The SMILES string of the molecule is CCNC1(C(N)=O)CCCC(C2CC2)C1. The van der Waals surface area contributed by atoms with Crippen molar-refractivity contribution in [2.75, 3.05) is 6.54 Å². The predicted octanol–water partition coefficient (Wildman–Crippen LogP) is 1.42. The first-order valence-corrected chi connectivity index (χ1v) is 6.23. The van der Waals surface area contributed by atoms with Gasteiger partial charge in [0.2, 0.25) is 5.91 Å². The minimum absolute atomic E-state index is 0.144. The molecule has 3 N–H and O–H groups in total. The van der Waals surface area contributed by atoms with Gasteiger partial charge < -0.3 is 11.1 Å². The predicted molar refractivity (Wildman–Crippen MR) is 60.3 cm³/mol. The normalized spacial score (nSPS) is 36.5. The van der Waals surface area contributed by atoms with Gasteiger partial charge in [-0.05, 0) is 44.1 Å². The van der Waals surface area contributed by atoms with Crippen LogP contribution in [0.3, 0.4) is 0 Å². The third kappa shape index (κ3) is 2.17. The summed E-state index contributed by atoms with van der Waals surface area (Å²) >= 11 is 0. The molecule has 0 aromatic rings. The molecule has 2 aliphatic rings. The molecule has 0 aromatic carbocycles. The van der Waals surface area contributed by atoms with Gasteiger partial charge in [-0.25, -0.2) is 0 Å². The summed E-state index contributed by atoms with van der Waals surface area (Å²) in [6.07, 6.45) is 7.08. The van der Waals surface area contributed by atoms with Gasteiger partial charge in [0.1, 0.15) is 0 Å². The number of rotatable bonds is 4. The first-order valence-electron chi connectivity index (χ1n) is 6.23. The van der Waals surface area contributed by atoms with Crippen molar-refractivity contribution < 1.29 is 4.79 Å². The van der Waals surface area contributed by atoms with Crippen LogP contribution in [-0.2, 0) is 4.79 Å². The van der Waals surface area contributed by atoms with Gasteiger partial charge in [-0.1, -0.05) is 19.8 Å². The highest BCUT2D eigenvalue weighted by Crippen LogP contribution is 2.46. The van der Waals surface area contributed by atoms with Crippen molar-refractivity contribution in [2.24, 2.45) is 17.6 Å². The molecule has 0 aromatic heterocycles. The Morgan fingerprint density at radius 1 is 1.40 bits per heavy atom. The molecule has 15 heavy (non-hydrogen) atoms. The third-order valence-electron chi connectivity index (χ3n) is 4.06. The maximum Gasteiger partial charge on any atom is 0.237 e. The number of primary amides is 1. The minimum atomic E-state index is -0.389. The molecule has 86 valence electrons. The lowest BCUT2D eigenvalue weighted by Crippen LogP contribution is -2.58. The van der Waals surface area contributed by atoms with Crippen molar-refractivity contribution >= 4 is 5.91 Å². The third-order valence-corrected chi connectivity index (χ3v) is 4.06. The van der Waals surface area contributed by atoms with Crippen LogP contribution in [0.4, 0.5) is 0 Å². The van der Waals surface area contributed by atoms with E-state index in [2.05, 4.69) is 5.32 Å². The number of carbonyl (C=O) groups excluding carboxylic acids is 1. The minimum Gasteiger partial charge on any atom is -0.368 e. The van der Waals surface area contributed by atoms with Crippen LogP contribution in [-0.4, -0.2) is 18.0 Å². The van der Waals surface area contributed by atoms with E-state index < -0.39 is 0 Å². The van der Waals surface area contributed by atoms with Gasteiger partial charge in [0.25, 0.3) is 0 Å². The Labute approximate surface area is 91.8 Å². The lowest BCUT2D eigenvalue weighted by atomic mass is 9.73. The highest BCUT2D eigenvalue weighted by Gasteiger charge is 2.44. The molecule has 2 saturated carbocycles. The summed E-state index contributed by atoms with van der Waals surface area (Å²) in [6.45, 7) is 2.88. The summed E-state index contributed by atoms with van der Waals surface area (Å²) in [5.74, 6) is 1.49. The van der Waals surface area contributed by atoms with Crippen molar-refractivity contribution in [3.05, 3.63) is 0 Å². The monoisotopic (exact) mass is 210 g/mol. The largest absolute Gasteiger partial charge is 0.368 e. The number of nitrogens with one attached hydrogen (secondary N) is 1. The Morgan fingerprint density at radius 2 is 2.13 bits per heavy atom. The topological polar surface area (TPSA) is 55.1 Å². The van der Waals surface area contributed by atoms with Crippen molar-refractivity contribution in [1.82, 2.24) is 5.32 Å². The van der Waals surface area contributed by atoms with Crippen LogP contribution in [0.2, 0.25) is 0 Å². The number of nitrogens with two attached hydrogens (primary N) is 1.